The van der Waals surface area contributed by atoms with Gasteiger partial charge in [0.2, 0.25) is 0 Å². The van der Waals surface area contributed by atoms with Crippen LogP contribution in [0.3, 0.4) is 0 Å². The summed E-state index contributed by atoms with van der Waals surface area (Å²) < 4.78 is 45.0. The molecule has 0 aliphatic heterocycles. The van der Waals surface area contributed by atoms with E-state index in [1.165, 1.54) is 44.9 Å². The largest absolute Gasteiger partial charge is 0.501 e. The van der Waals surface area contributed by atoms with Crippen LogP contribution in [-0.2, 0) is 26.5 Å². The van der Waals surface area contributed by atoms with Gasteiger partial charge in [-0.3, -0.25) is 0 Å². The smallest absolute Gasteiger partial charge is 0.121 e. The summed E-state index contributed by atoms with van der Waals surface area (Å²) in [6.07, 6.45) is 1.96. The summed E-state index contributed by atoms with van der Waals surface area (Å²) in [5, 5.41) is 7.14. The van der Waals surface area contributed by atoms with Crippen LogP contribution >= 0.6 is 0 Å². The average molecular weight is 808 g/mol. The normalized spacial score (nSPS) is 13.6. The second-order valence-electron chi connectivity index (χ2n) is 13.0. The summed E-state index contributed by atoms with van der Waals surface area (Å²) in [6, 6.07) is 37.8. The molecular weight excluding hydrogens is 765 g/mol. The van der Waals surface area contributed by atoms with E-state index in [2.05, 4.69) is 96.6 Å². The van der Waals surface area contributed by atoms with E-state index in [0.29, 0.717) is 16.8 Å². The summed E-state index contributed by atoms with van der Waals surface area (Å²) in [5.74, 6) is 0. The van der Waals surface area contributed by atoms with E-state index in [1.807, 2.05) is 33.0 Å². The Morgan fingerprint density at radius 1 is 0.750 bits per heavy atom. The maximum Gasteiger partial charge on any atom is 0.121 e. The molecule has 0 aliphatic carbocycles. The van der Waals surface area contributed by atoms with Crippen molar-refractivity contribution in [1.29, 1.82) is 0 Å². The van der Waals surface area contributed by atoms with Gasteiger partial charge in [0.15, 0.2) is 0 Å². The fourth-order valence-electron chi connectivity index (χ4n) is 5.84. The quantitative estimate of drug-likeness (QED) is 0.132. The predicted molar refractivity (Wildman–Crippen MR) is 197 cm³/mol. The number of hydrogen-bond acceptors (Lipinski definition) is 3. The van der Waals surface area contributed by atoms with Crippen LogP contribution in [0.5, 0.6) is 0 Å². The van der Waals surface area contributed by atoms with E-state index in [-0.39, 0.29) is 25.7 Å². The van der Waals surface area contributed by atoms with Crippen LogP contribution in [-0.4, -0.2) is 9.97 Å². The Kier molecular flexibility index (Phi) is 7.67. The van der Waals surface area contributed by atoms with E-state index in [0.717, 1.165) is 33.2 Å². The first-order valence-electron chi connectivity index (χ1n) is 18.2. The minimum Gasteiger partial charge on any atom is -0.501 e. The number of aromatic nitrogens is 2. The molecule has 0 bridgehead atoms. The first-order chi connectivity index (χ1) is 24.6. The van der Waals surface area contributed by atoms with Crippen LogP contribution in [0.4, 0.5) is 0 Å². The molecule has 3 nitrogen and oxygen atoms in total. The van der Waals surface area contributed by atoms with E-state index < -0.39 is 18.6 Å². The van der Waals surface area contributed by atoms with Gasteiger partial charge in [-0.2, -0.15) is 0 Å². The predicted octanol–water partition coefficient (Wildman–Crippen LogP) is 11.8. The first-order valence-corrected chi connectivity index (χ1v) is 15.7. The topological polar surface area (TPSA) is 38.9 Å². The third-order valence-corrected chi connectivity index (χ3v) is 8.30. The molecule has 0 unspecified atom stereocenters. The molecule has 0 amide bonds. The van der Waals surface area contributed by atoms with Gasteiger partial charge >= 0.3 is 0 Å². The Hall–Kier alpha value is -4.63. The molecule has 0 saturated heterocycles. The second kappa shape index (κ2) is 13.5. The van der Waals surface area contributed by atoms with Gasteiger partial charge in [-0.15, -0.1) is 53.6 Å². The van der Waals surface area contributed by atoms with Crippen molar-refractivity contribution < 1.29 is 31.4 Å². The molecule has 3 heterocycles. The fraction of sp³-hybridized carbons (Fsp3) is 0.182. The van der Waals surface area contributed by atoms with Gasteiger partial charge in [-0.05, 0) is 81.8 Å². The SMILES string of the molecule is Cc1cnc(-c2[c-]ccc3c2oc2cc4c(ccc5ccccc54)cc23)cc1C.[2H]C([2H])([2H])c1c[c-]c(-c2ccc(C([2H])([2H])C(C)(C)C)cn2)cc1.[Ir]. The standard InChI is InChI=1S/C27H18NO.C17H20N.Ir/c1-16-12-25(28-15-17(16)2)22-9-5-8-21-24-13-19-11-10-18-6-3-4-7-20(18)23(19)14-26(24)29-27(21)22;1-13-5-8-15(9-6-13)16-10-7-14(12-18-16)11-17(2,3)4;/h3-8,10-15H,1-2H3;5-8,10,12H,11H2,1-4H3;/q2*-1;/i;1D3,11D2;. The average Bonchev–Trinajstić information content (AvgIpc) is 3.49. The van der Waals surface area contributed by atoms with Crippen LogP contribution in [0.15, 0.2) is 114 Å². The Labute approximate surface area is 303 Å². The maximum atomic E-state index is 8.25. The van der Waals surface area contributed by atoms with Gasteiger partial charge in [0.25, 0.3) is 0 Å². The number of aryl methyl sites for hydroxylation is 3. The molecule has 0 N–H and O–H groups in total. The molecule has 4 heteroatoms. The Morgan fingerprint density at radius 3 is 2.29 bits per heavy atom. The molecule has 0 fully saturated rings. The molecular formula is C44H38IrN2O-2. The van der Waals surface area contributed by atoms with Crippen LogP contribution in [0, 0.1) is 38.2 Å². The van der Waals surface area contributed by atoms with Crippen LogP contribution in [0.25, 0.3) is 66.0 Å². The molecule has 8 rings (SSSR count). The van der Waals surface area contributed by atoms with Crippen molar-refractivity contribution in [3.05, 3.63) is 144 Å². The zero-order valence-corrected chi connectivity index (χ0v) is 29.9. The van der Waals surface area contributed by atoms with Gasteiger partial charge in [-0.25, -0.2) is 0 Å². The molecule has 0 saturated carbocycles. The van der Waals surface area contributed by atoms with E-state index in [4.69, 9.17) is 11.3 Å². The number of benzene rings is 5. The minimum absolute atomic E-state index is 0. The summed E-state index contributed by atoms with van der Waals surface area (Å²) in [7, 11) is 0. The van der Waals surface area contributed by atoms with E-state index >= 15 is 0 Å². The van der Waals surface area contributed by atoms with Crippen molar-refractivity contribution in [2.75, 3.05) is 0 Å². The first kappa shape index (κ1) is 27.3. The molecule has 5 aromatic carbocycles. The van der Waals surface area contributed by atoms with Crippen molar-refractivity contribution in [1.82, 2.24) is 9.97 Å². The Bertz CT molecular complexity index is 2590. The molecule has 0 aliphatic rings. The second-order valence-corrected chi connectivity index (χ2v) is 13.0. The molecule has 241 valence electrons. The number of hydrogen-bond donors (Lipinski definition) is 0. The van der Waals surface area contributed by atoms with Crippen LogP contribution in [0.2, 0.25) is 0 Å². The number of nitrogens with zero attached hydrogens (tertiary/aromatic N) is 2. The third kappa shape index (κ3) is 6.83. The molecule has 0 atom stereocenters. The molecule has 48 heavy (non-hydrogen) atoms. The van der Waals surface area contributed by atoms with Gasteiger partial charge < -0.3 is 14.4 Å². The number of pyridine rings is 2. The summed E-state index contributed by atoms with van der Waals surface area (Å²) in [6.45, 7) is 7.59. The van der Waals surface area contributed by atoms with Crippen LogP contribution < -0.4 is 0 Å². The zero-order chi connectivity index (χ0) is 37.0. The molecule has 0 spiro atoms. The van der Waals surface area contributed by atoms with Gasteiger partial charge in [0.1, 0.15) is 5.58 Å². The molecule has 1 radical (unpaired) electrons. The fourth-order valence-corrected chi connectivity index (χ4v) is 5.84. The monoisotopic (exact) mass is 808 g/mol. The van der Waals surface area contributed by atoms with Gasteiger partial charge in [-0.1, -0.05) is 98.7 Å². The van der Waals surface area contributed by atoms with Gasteiger partial charge in [0.05, 0.1) is 5.58 Å². The number of fused-ring (bicyclic) bond motifs is 6. The summed E-state index contributed by atoms with van der Waals surface area (Å²) >= 11 is 0. The third-order valence-electron chi connectivity index (χ3n) is 8.30. The Morgan fingerprint density at radius 2 is 1.56 bits per heavy atom. The van der Waals surface area contributed by atoms with Crippen molar-refractivity contribution in [2.24, 2.45) is 5.41 Å². The van der Waals surface area contributed by atoms with Crippen molar-refractivity contribution in [3.63, 3.8) is 0 Å². The van der Waals surface area contributed by atoms with Gasteiger partial charge in [0, 0.05) is 44.7 Å². The molecule has 8 aromatic rings. The Balaban J connectivity index is 0.000000184. The number of furan rings is 1. The number of rotatable bonds is 3. The molecule has 3 aromatic heterocycles. The van der Waals surface area contributed by atoms with E-state index in [9.17, 15) is 0 Å². The summed E-state index contributed by atoms with van der Waals surface area (Å²) in [4.78, 5) is 8.94. The summed E-state index contributed by atoms with van der Waals surface area (Å²) in [5.41, 5.74) is 7.49. The van der Waals surface area contributed by atoms with Crippen molar-refractivity contribution >= 4 is 43.5 Å². The van der Waals surface area contributed by atoms with Crippen molar-refractivity contribution in [3.8, 4) is 22.5 Å². The van der Waals surface area contributed by atoms with Crippen LogP contribution in [0.1, 0.15) is 49.9 Å². The van der Waals surface area contributed by atoms with E-state index in [1.54, 1.807) is 24.3 Å². The maximum absolute atomic E-state index is 8.25. The minimum atomic E-state index is -2.14. The van der Waals surface area contributed by atoms with Crippen molar-refractivity contribution in [2.45, 2.75) is 47.8 Å². The zero-order valence-electron chi connectivity index (χ0n) is 32.5.